The Balaban J connectivity index is 1.41. The summed E-state index contributed by atoms with van der Waals surface area (Å²) in [6, 6.07) is 16.0. The third-order valence-corrected chi connectivity index (χ3v) is 6.97. The molecule has 0 radical (unpaired) electrons. The third-order valence-electron chi connectivity index (χ3n) is 5.66. The Morgan fingerprint density at radius 2 is 1.85 bits per heavy atom. The molecule has 1 N–H and O–H groups in total. The van der Waals surface area contributed by atoms with Gasteiger partial charge in [-0.3, -0.25) is 29.4 Å². The smallest absolute Gasteiger partial charge is 0.294 e. The molecular weight excluding hydrogens is 546 g/mol. The van der Waals surface area contributed by atoms with Crippen LogP contribution in [0.25, 0.3) is 6.08 Å². The number of rotatable bonds is 9. The van der Waals surface area contributed by atoms with Crippen molar-refractivity contribution in [1.29, 1.82) is 0 Å². The average Bonchev–Trinajstić information content (AvgIpc) is 3.17. The lowest BCUT2D eigenvalue weighted by molar-refractivity contribution is -0.384. The number of aryl methyl sites for hydroxylation is 1. The molecule has 0 atom stereocenters. The van der Waals surface area contributed by atoms with Gasteiger partial charge in [-0.25, -0.2) is 0 Å². The Morgan fingerprint density at radius 3 is 2.51 bits per heavy atom. The number of nitrogens with one attached hydrogen (secondary N) is 1. The summed E-state index contributed by atoms with van der Waals surface area (Å²) in [5, 5.41) is 13.4. The fraction of sp³-hybridized carbons (Fsp3) is 0.148. The van der Waals surface area contributed by atoms with Gasteiger partial charge in [0.15, 0.2) is 11.5 Å². The molecule has 12 heteroatoms. The summed E-state index contributed by atoms with van der Waals surface area (Å²) in [6.45, 7) is 1.55. The zero-order valence-corrected chi connectivity index (χ0v) is 22.4. The van der Waals surface area contributed by atoms with Crippen molar-refractivity contribution in [1.82, 2.24) is 4.90 Å². The Bertz CT molecular complexity index is 1490. The maximum absolute atomic E-state index is 12.9. The summed E-state index contributed by atoms with van der Waals surface area (Å²) < 4.78 is 11.2. The van der Waals surface area contributed by atoms with Crippen molar-refractivity contribution < 1.29 is 28.8 Å². The number of nitro benzene ring substituents is 1. The molecule has 0 unspecified atom stereocenters. The number of methoxy groups -OCH3 is 1. The molecule has 1 fully saturated rings. The van der Waals surface area contributed by atoms with Gasteiger partial charge in [0.1, 0.15) is 13.2 Å². The molecule has 4 rings (SSSR count). The molecule has 3 amide bonds. The Hall–Kier alpha value is -4.35. The van der Waals surface area contributed by atoms with Gasteiger partial charge < -0.3 is 14.8 Å². The number of thioether (sulfide) groups is 1. The Morgan fingerprint density at radius 1 is 1.10 bits per heavy atom. The lowest BCUT2D eigenvalue weighted by atomic mass is 10.1. The minimum absolute atomic E-state index is 0.0121. The third kappa shape index (κ3) is 6.75. The standard InChI is InChI=1S/C27H22ClN3O7S/c1-16-3-7-19(13-21(16)28)29-25(32)14-30-26(33)24(39-27(30)34)12-18-6-10-22(23(11-18)37-2)38-15-17-4-8-20(9-5-17)31(35)36/h3-13H,14-15H2,1-2H3,(H,29,32)/b24-12+. The van der Waals surface area contributed by atoms with Crippen molar-refractivity contribution in [2.24, 2.45) is 0 Å². The van der Waals surface area contributed by atoms with Gasteiger partial charge in [0.2, 0.25) is 5.91 Å². The van der Waals surface area contributed by atoms with Crippen LogP contribution in [0, 0.1) is 17.0 Å². The van der Waals surface area contributed by atoms with E-state index in [0.29, 0.717) is 27.8 Å². The molecule has 0 aromatic heterocycles. The highest BCUT2D eigenvalue weighted by Crippen LogP contribution is 2.35. The predicted octanol–water partition coefficient (Wildman–Crippen LogP) is 5.82. The summed E-state index contributed by atoms with van der Waals surface area (Å²) in [4.78, 5) is 49.2. The van der Waals surface area contributed by atoms with Crippen LogP contribution in [0.5, 0.6) is 11.5 Å². The molecule has 0 bridgehead atoms. The minimum Gasteiger partial charge on any atom is -0.493 e. The number of anilines is 1. The quantitative estimate of drug-likeness (QED) is 0.195. The van der Waals surface area contributed by atoms with Crippen molar-refractivity contribution in [2.45, 2.75) is 13.5 Å². The number of benzene rings is 3. The van der Waals surface area contributed by atoms with E-state index >= 15 is 0 Å². The van der Waals surface area contributed by atoms with Gasteiger partial charge in [-0.15, -0.1) is 0 Å². The van der Waals surface area contributed by atoms with Crippen LogP contribution in [-0.2, 0) is 16.2 Å². The zero-order chi connectivity index (χ0) is 28.1. The number of nitro groups is 1. The van der Waals surface area contributed by atoms with Crippen LogP contribution >= 0.6 is 23.4 Å². The second-order valence-electron chi connectivity index (χ2n) is 8.40. The molecule has 39 heavy (non-hydrogen) atoms. The first-order valence-corrected chi connectivity index (χ1v) is 12.7. The molecule has 0 aliphatic carbocycles. The molecule has 3 aromatic rings. The van der Waals surface area contributed by atoms with E-state index in [-0.39, 0.29) is 17.2 Å². The predicted molar refractivity (Wildman–Crippen MR) is 148 cm³/mol. The second kappa shape index (κ2) is 12.0. The number of non-ortho nitro benzene ring substituents is 1. The van der Waals surface area contributed by atoms with E-state index in [1.807, 2.05) is 6.92 Å². The zero-order valence-electron chi connectivity index (χ0n) is 20.8. The van der Waals surface area contributed by atoms with Gasteiger partial charge in [-0.1, -0.05) is 23.7 Å². The summed E-state index contributed by atoms with van der Waals surface area (Å²) in [6.07, 6.45) is 1.53. The number of hydrogen-bond donors (Lipinski definition) is 1. The highest BCUT2D eigenvalue weighted by molar-refractivity contribution is 8.18. The van der Waals surface area contributed by atoms with Gasteiger partial charge in [0, 0.05) is 22.8 Å². The first-order chi connectivity index (χ1) is 18.6. The van der Waals surface area contributed by atoms with Gasteiger partial charge in [0.25, 0.3) is 16.8 Å². The number of imide groups is 1. The summed E-state index contributed by atoms with van der Waals surface area (Å²) in [5.74, 6) is -0.302. The molecule has 3 aromatic carbocycles. The number of carbonyl (C=O) groups excluding carboxylic acids is 3. The van der Waals surface area contributed by atoms with Crippen LogP contribution in [0.4, 0.5) is 16.2 Å². The van der Waals surface area contributed by atoms with Crippen LogP contribution in [0.15, 0.2) is 65.6 Å². The van der Waals surface area contributed by atoms with Gasteiger partial charge >= 0.3 is 0 Å². The number of halogens is 1. The van der Waals surface area contributed by atoms with Crippen LogP contribution in [0.3, 0.4) is 0 Å². The number of hydrogen-bond acceptors (Lipinski definition) is 8. The van der Waals surface area contributed by atoms with Crippen molar-refractivity contribution in [3.8, 4) is 11.5 Å². The number of carbonyl (C=O) groups is 3. The van der Waals surface area contributed by atoms with Gasteiger partial charge in [-0.2, -0.15) is 0 Å². The van der Waals surface area contributed by atoms with Crippen LogP contribution in [0.1, 0.15) is 16.7 Å². The van der Waals surface area contributed by atoms with E-state index in [9.17, 15) is 24.5 Å². The van der Waals surface area contributed by atoms with E-state index < -0.39 is 28.5 Å². The first kappa shape index (κ1) is 27.7. The fourth-order valence-electron chi connectivity index (χ4n) is 3.57. The molecule has 1 aliphatic heterocycles. The van der Waals surface area contributed by atoms with E-state index in [1.165, 1.54) is 25.3 Å². The Labute approximate surface area is 232 Å². The van der Waals surface area contributed by atoms with E-state index in [2.05, 4.69) is 5.32 Å². The Kier molecular flexibility index (Phi) is 8.52. The normalized spacial score (nSPS) is 14.0. The lowest BCUT2D eigenvalue weighted by Gasteiger charge is -2.13. The molecule has 1 saturated heterocycles. The monoisotopic (exact) mass is 567 g/mol. The summed E-state index contributed by atoms with van der Waals surface area (Å²) >= 11 is 6.82. The molecule has 0 saturated carbocycles. The number of ether oxygens (including phenoxy) is 2. The van der Waals surface area contributed by atoms with Crippen molar-refractivity contribution in [2.75, 3.05) is 19.0 Å². The molecule has 200 valence electrons. The average molecular weight is 568 g/mol. The van der Waals surface area contributed by atoms with E-state index in [4.69, 9.17) is 21.1 Å². The first-order valence-electron chi connectivity index (χ1n) is 11.5. The second-order valence-corrected chi connectivity index (χ2v) is 9.80. The highest BCUT2D eigenvalue weighted by Gasteiger charge is 2.36. The molecule has 0 spiro atoms. The van der Waals surface area contributed by atoms with Crippen LogP contribution in [-0.4, -0.2) is 40.5 Å². The maximum Gasteiger partial charge on any atom is 0.294 e. The van der Waals surface area contributed by atoms with E-state index in [0.717, 1.165) is 27.8 Å². The largest absolute Gasteiger partial charge is 0.493 e. The highest BCUT2D eigenvalue weighted by atomic mass is 35.5. The van der Waals surface area contributed by atoms with Gasteiger partial charge in [-0.05, 0) is 77.9 Å². The van der Waals surface area contributed by atoms with Crippen LogP contribution in [0.2, 0.25) is 5.02 Å². The molecular formula is C27H22ClN3O7S. The SMILES string of the molecule is COc1cc(/C=C2/SC(=O)N(CC(=O)Nc3ccc(C)c(Cl)c3)C2=O)ccc1OCc1ccc([N+](=O)[O-])cc1. The summed E-state index contributed by atoms with van der Waals surface area (Å²) in [5.41, 5.74) is 2.61. The maximum atomic E-state index is 12.9. The number of amides is 3. The van der Waals surface area contributed by atoms with Crippen molar-refractivity contribution >= 4 is 57.9 Å². The molecule has 1 aliphatic rings. The molecule has 10 nitrogen and oxygen atoms in total. The fourth-order valence-corrected chi connectivity index (χ4v) is 4.59. The van der Waals surface area contributed by atoms with Gasteiger partial charge in [0.05, 0.1) is 16.9 Å². The minimum atomic E-state index is -0.584. The van der Waals surface area contributed by atoms with E-state index in [1.54, 1.807) is 48.5 Å². The lowest BCUT2D eigenvalue weighted by Crippen LogP contribution is -2.36. The molecule has 1 heterocycles. The number of nitrogens with zero attached hydrogens (tertiary/aromatic N) is 2. The topological polar surface area (TPSA) is 128 Å². The van der Waals surface area contributed by atoms with Crippen LogP contribution < -0.4 is 14.8 Å². The van der Waals surface area contributed by atoms with Crippen molar-refractivity contribution in [3.05, 3.63) is 97.4 Å². The summed E-state index contributed by atoms with van der Waals surface area (Å²) in [7, 11) is 1.46. The van der Waals surface area contributed by atoms with Crippen molar-refractivity contribution in [3.63, 3.8) is 0 Å².